The van der Waals surface area contributed by atoms with Crippen molar-refractivity contribution in [1.82, 2.24) is 18.9 Å². The number of benzene rings is 1. The summed E-state index contributed by atoms with van der Waals surface area (Å²) in [7, 11) is -3.79. The largest absolute Gasteiger partial charge is 0.444 e. The zero-order chi connectivity index (χ0) is 29.4. The fourth-order valence-electron chi connectivity index (χ4n) is 4.33. The van der Waals surface area contributed by atoms with Crippen molar-refractivity contribution < 1.29 is 17.9 Å². The monoisotopic (exact) mass is 573 g/mol. The number of carbonyl (C=O) groups excluding carboxylic acids is 1. The summed E-state index contributed by atoms with van der Waals surface area (Å²) >= 11 is 0. The minimum Gasteiger partial charge on any atom is -0.444 e. The van der Waals surface area contributed by atoms with Crippen LogP contribution in [0.15, 0.2) is 79.2 Å². The Balaban J connectivity index is 1.53. The lowest BCUT2D eigenvalue weighted by Crippen LogP contribution is -2.37. The average molecular weight is 574 g/mol. The molecular weight excluding hydrogens is 542 g/mol. The second kappa shape index (κ2) is 10.4. The molecular formula is C29H31N7O4S. The normalized spacial score (nSPS) is 17.0. The number of rotatable bonds is 6. The Labute approximate surface area is 238 Å². The Morgan fingerprint density at radius 3 is 2.63 bits per heavy atom. The van der Waals surface area contributed by atoms with Crippen LogP contribution in [0.5, 0.6) is 0 Å². The molecule has 0 bridgehead atoms. The fraction of sp³-hybridized carbons (Fsp3) is 0.241. The van der Waals surface area contributed by atoms with E-state index in [2.05, 4.69) is 25.6 Å². The fourth-order valence-corrected chi connectivity index (χ4v) is 5.94. The van der Waals surface area contributed by atoms with Crippen LogP contribution in [0.4, 0.5) is 27.9 Å². The van der Waals surface area contributed by atoms with Crippen LogP contribution in [-0.4, -0.2) is 43.8 Å². The van der Waals surface area contributed by atoms with E-state index in [1.54, 1.807) is 76.2 Å². The summed E-state index contributed by atoms with van der Waals surface area (Å²) in [6.07, 6.45) is 9.80. The molecule has 1 aliphatic carbocycles. The van der Waals surface area contributed by atoms with Crippen molar-refractivity contribution in [1.29, 1.82) is 0 Å². The molecule has 3 heterocycles. The molecule has 11 nitrogen and oxygen atoms in total. The summed E-state index contributed by atoms with van der Waals surface area (Å²) in [4.78, 5) is 25.9. The van der Waals surface area contributed by atoms with Gasteiger partial charge in [-0.15, -0.1) is 0 Å². The first-order chi connectivity index (χ1) is 19.3. The molecule has 0 aliphatic heterocycles. The number of nitrogen functional groups attached to an aromatic ring is 1. The quantitative estimate of drug-likeness (QED) is 0.249. The molecule has 1 amide bonds. The molecule has 1 atom stereocenters. The number of aromatic nitrogens is 4. The number of hydrogen-bond donors (Lipinski definition) is 3. The Hall–Kier alpha value is -4.71. The van der Waals surface area contributed by atoms with Crippen molar-refractivity contribution in [2.45, 2.75) is 44.5 Å². The maximum absolute atomic E-state index is 13.6. The van der Waals surface area contributed by atoms with Gasteiger partial charge in [-0.3, -0.25) is 5.32 Å². The third kappa shape index (κ3) is 5.92. The molecule has 212 valence electrons. The molecule has 1 unspecified atom stereocenters. The molecule has 0 saturated heterocycles. The van der Waals surface area contributed by atoms with Crippen LogP contribution in [0.2, 0.25) is 0 Å². The van der Waals surface area contributed by atoms with Crippen LogP contribution < -0.4 is 16.4 Å². The van der Waals surface area contributed by atoms with E-state index < -0.39 is 26.5 Å². The first-order valence-corrected chi connectivity index (χ1v) is 14.4. The van der Waals surface area contributed by atoms with Gasteiger partial charge in [0, 0.05) is 40.8 Å². The number of carbonyl (C=O) groups is 1. The number of anilines is 4. The van der Waals surface area contributed by atoms with Gasteiger partial charge >= 0.3 is 6.09 Å². The number of amides is 1. The number of nitrogens with one attached hydrogen (secondary N) is 2. The number of nitrogens with zero attached hydrogens (tertiary/aromatic N) is 4. The summed E-state index contributed by atoms with van der Waals surface area (Å²) in [6, 6.07) is 12.3. The lowest BCUT2D eigenvalue weighted by Gasteiger charge is -2.26. The lowest BCUT2D eigenvalue weighted by molar-refractivity contribution is 0.0634. The standard InChI is InChI=1S/C29H31N7O4S/c1-28(2,3)40-27(37)35-26-33-23(17-24(34-26)32-22-10-8-9-21(30)16-22)20-15-19-11-14-36(25(19)31-18-20)41(38,39)29(4)12-6-5-7-13-29/h5-12,14-18H,13,30H2,1-4H3,(H2,32,33,34,35,37). The molecule has 4 N–H and O–H groups in total. The predicted molar refractivity (Wildman–Crippen MR) is 160 cm³/mol. The second-order valence-corrected chi connectivity index (χ2v) is 13.2. The van der Waals surface area contributed by atoms with E-state index in [4.69, 9.17) is 10.5 Å². The lowest BCUT2D eigenvalue weighted by atomic mass is 10.0. The van der Waals surface area contributed by atoms with Crippen molar-refractivity contribution in [3.63, 3.8) is 0 Å². The summed E-state index contributed by atoms with van der Waals surface area (Å²) < 4.78 is 32.6. The van der Waals surface area contributed by atoms with Gasteiger partial charge in [0.25, 0.3) is 0 Å². The summed E-state index contributed by atoms with van der Waals surface area (Å²) in [6.45, 7) is 6.96. The minimum atomic E-state index is -3.79. The van der Waals surface area contributed by atoms with Crippen LogP contribution >= 0.6 is 0 Å². The summed E-state index contributed by atoms with van der Waals surface area (Å²) in [5, 5.41) is 6.37. The highest BCUT2D eigenvalue weighted by Gasteiger charge is 2.38. The molecule has 41 heavy (non-hydrogen) atoms. The molecule has 0 fully saturated rings. The van der Waals surface area contributed by atoms with Gasteiger partial charge in [-0.2, -0.15) is 4.98 Å². The molecule has 4 aromatic rings. The predicted octanol–water partition coefficient (Wildman–Crippen LogP) is 5.62. The van der Waals surface area contributed by atoms with E-state index in [1.807, 2.05) is 18.2 Å². The topological polar surface area (TPSA) is 154 Å². The Morgan fingerprint density at radius 1 is 1.12 bits per heavy atom. The van der Waals surface area contributed by atoms with Gasteiger partial charge < -0.3 is 15.8 Å². The highest BCUT2D eigenvalue weighted by molar-refractivity contribution is 7.91. The molecule has 12 heteroatoms. The highest BCUT2D eigenvalue weighted by atomic mass is 32.2. The molecule has 1 aliphatic rings. The maximum Gasteiger partial charge on any atom is 0.414 e. The van der Waals surface area contributed by atoms with Gasteiger partial charge in [0.2, 0.25) is 16.0 Å². The van der Waals surface area contributed by atoms with Gasteiger partial charge in [0.05, 0.1) is 5.69 Å². The highest BCUT2D eigenvalue weighted by Crippen LogP contribution is 2.32. The number of hydrogen-bond acceptors (Lipinski definition) is 9. The molecule has 0 radical (unpaired) electrons. The van der Waals surface area contributed by atoms with E-state index in [9.17, 15) is 13.2 Å². The first kappa shape index (κ1) is 27.8. The van der Waals surface area contributed by atoms with Crippen molar-refractivity contribution in [3.05, 3.63) is 79.2 Å². The smallest absolute Gasteiger partial charge is 0.414 e. The zero-order valence-corrected chi connectivity index (χ0v) is 23.9. The van der Waals surface area contributed by atoms with E-state index in [0.29, 0.717) is 45.9 Å². The van der Waals surface area contributed by atoms with E-state index in [-0.39, 0.29) is 5.95 Å². The molecule has 1 aromatic carbocycles. The number of fused-ring (bicyclic) bond motifs is 1. The second-order valence-electron chi connectivity index (χ2n) is 10.9. The summed E-state index contributed by atoms with van der Waals surface area (Å²) in [5.74, 6) is 0.394. The van der Waals surface area contributed by atoms with E-state index in [0.717, 1.165) is 0 Å². The van der Waals surface area contributed by atoms with Gasteiger partial charge in [-0.25, -0.2) is 27.2 Å². The molecule has 0 spiro atoms. The van der Waals surface area contributed by atoms with Crippen molar-refractivity contribution in [2.75, 3.05) is 16.4 Å². The number of allylic oxidation sites excluding steroid dienone is 3. The minimum absolute atomic E-state index is 0.00784. The van der Waals surface area contributed by atoms with Crippen LogP contribution in [0.1, 0.15) is 34.1 Å². The number of ether oxygens (including phenoxy) is 1. The van der Waals surface area contributed by atoms with Gasteiger partial charge in [-0.05, 0) is 64.4 Å². The molecule has 5 rings (SSSR count). The van der Waals surface area contributed by atoms with Gasteiger partial charge in [0.15, 0.2) is 5.65 Å². The van der Waals surface area contributed by atoms with Crippen LogP contribution in [0.25, 0.3) is 22.3 Å². The van der Waals surface area contributed by atoms with Crippen LogP contribution in [-0.2, 0) is 14.8 Å². The third-order valence-electron chi connectivity index (χ3n) is 6.35. The van der Waals surface area contributed by atoms with Crippen molar-refractivity contribution in [2.24, 2.45) is 0 Å². The third-order valence-corrected chi connectivity index (χ3v) is 8.65. The molecule has 0 saturated carbocycles. The Morgan fingerprint density at radius 2 is 1.93 bits per heavy atom. The zero-order valence-electron chi connectivity index (χ0n) is 23.1. The Kier molecular flexibility index (Phi) is 7.03. The maximum atomic E-state index is 13.6. The number of pyridine rings is 1. The van der Waals surface area contributed by atoms with E-state index >= 15 is 0 Å². The van der Waals surface area contributed by atoms with E-state index in [1.165, 1.54) is 16.4 Å². The van der Waals surface area contributed by atoms with Crippen molar-refractivity contribution >= 4 is 50.3 Å². The average Bonchev–Trinajstić information content (AvgIpc) is 3.32. The van der Waals surface area contributed by atoms with Gasteiger partial charge in [0.1, 0.15) is 16.2 Å². The van der Waals surface area contributed by atoms with Crippen LogP contribution in [0, 0.1) is 0 Å². The SMILES string of the molecule is CC(C)(C)OC(=O)Nc1nc(Nc2cccc(N)c2)cc(-c2cnc3c(ccn3S(=O)(=O)C3(C)C=CC=CC3)c2)n1. The van der Waals surface area contributed by atoms with Crippen molar-refractivity contribution in [3.8, 4) is 11.3 Å². The van der Waals surface area contributed by atoms with Crippen LogP contribution in [0.3, 0.4) is 0 Å². The summed E-state index contributed by atoms with van der Waals surface area (Å²) in [5.41, 5.74) is 7.80. The molecule has 3 aromatic heterocycles. The Bertz CT molecular complexity index is 1810. The first-order valence-electron chi connectivity index (χ1n) is 12.9. The number of nitrogens with two attached hydrogens (primary N) is 1. The van der Waals surface area contributed by atoms with Gasteiger partial charge in [-0.1, -0.05) is 30.4 Å².